The van der Waals surface area contributed by atoms with Gasteiger partial charge < -0.3 is 14.2 Å². The van der Waals surface area contributed by atoms with Gasteiger partial charge in [0.1, 0.15) is 22.9 Å². The number of hydrogen-bond acceptors (Lipinski definition) is 9. The topological polar surface area (TPSA) is 169 Å². The SMILES string of the molecule is Cc1cc(-n2nc3c(c2-n2ccn(-c4ccc5c(cnn5C)c4F)c2=O)[C@@H]2CC[C@H](C3)N2C(=O)c2cc3cc(C4CCOC(C)(C)C4)ncc3n2[C@@]2(c3noc(=O)[nH]3)C[C@@H]2C)cc(C)c1F. The molecule has 18 heteroatoms. The number of carbonyl (C=O) groups excluding carboxylic acids is 1. The number of aromatic nitrogens is 10. The first kappa shape index (κ1) is 40.6. The molecule has 1 unspecified atom stereocenters. The van der Waals surface area contributed by atoms with Crippen molar-refractivity contribution in [2.24, 2.45) is 13.0 Å². The van der Waals surface area contributed by atoms with E-state index in [0.29, 0.717) is 83.2 Å². The number of amides is 1. The maximum Gasteiger partial charge on any atom is 0.438 e. The lowest BCUT2D eigenvalue weighted by Gasteiger charge is -2.35. The zero-order valence-corrected chi connectivity index (χ0v) is 37.3. The maximum absolute atomic E-state index is 16.2. The molecule has 1 amide bonds. The Morgan fingerprint density at radius 3 is 2.44 bits per heavy atom. The Bertz CT molecular complexity index is 3450. The molecule has 6 aromatic heterocycles. The molecule has 338 valence electrons. The summed E-state index contributed by atoms with van der Waals surface area (Å²) in [6.45, 7) is 10.2. The minimum atomic E-state index is -0.887. The maximum atomic E-state index is 16.2. The van der Waals surface area contributed by atoms with Crippen LogP contribution in [0.1, 0.15) is 109 Å². The number of hydrogen-bond donors (Lipinski definition) is 1. The molecule has 3 fully saturated rings. The van der Waals surface area contributed by atoms with Crippen molar-refractivity contribution in [3.8, 4) is 17.2 Å². The lowest BCUT2D eigenvalue weighted by Crippen LogP contribution is -2.43. The van der Waals surface area contributed by atoms with Crippen molar-refractivity contribution in [3.05, 3.63) is 133 Å². The van der Waals surface area contributed by atoms with Crippen LogP contribution in [0.5, 0.6) is 0 Å². The molecular weight excluding hydrogens is 849 g/mol. The summed E-state index contributed by atoms with van der Waals surface area (Å²) in [5.41, 5.74) is 3.69. The number of H-pyrrole nitrogens is 1. The fraction of sp³-hybridized carbons (Fsp3) is 0.396. The van der Waals surface area contributed by atoms with Gasteiger partial charge in [-0.15, -0.1) is 0 Å². The standard InChI is InChI=1S/C48H47F2N11O5/c1-24-15-30(16-25(2)40(24)49)61-42(58-13-12-57(46(58)64)36-10-9-34-31(41(36)50)22-52-56(34)6)39-33(54-61)19-29-7-8-35(39)59(29)43(62)37-18-28-17-32(27-11-14-65-47(4,5)21-27)51-23-38(28)60(37)48(20-26(48)3)44-53-45(63)66-55-44/h9-10,12-13,15-18,22-23,26-27,29,35H,7-8,11,14,19-21H2,1-6H3,(H,53,55,63)/t26-,27?,29+,35-,48-/m0/s1. The van der Waals surface area contributed by atoms with Crippen molar-refractivity contribution in [1.29, 1.82) is 0 Å². The normalized spacial score (nSPS) is 23.3. The van der Waals surface area contributed by atoms with Crippen molar-refractivity contribution in [2.45, 2.75) is 102 Å². The summed E-state index contributed by atoms with van der Waals surface area (Å²) < 4.78 is 50.4. The molecule has 16 nitrogen and oxygen atoms in total. The molecule has 2 bridgehead atoms. The number of ether oxygens (including phenoxy) is 1. The molecule has 4 aliphatic rings. The van der Waals surface area contributed by atoms with Crippen LogP contribution >= 0.6 is 0 Å². The molecule has 3 aliphatic heterocycles. The van der Waals surface area contributed by atoms with E-state index in [1.807, 2.05) is 21.7 Å². The number of benzene rings is 2. The van der Waals surface area contributed by atoms with E-state index in [4.69, 9.17) is 19.3 Å². The second kappa shape index (κ2) is 14.0. The molecule has 1 saturated carbocycles. The Hall–Kier alpha value is -6.95. The first-order valence-electron chi connectivity index (χ1n) is 22.5. The molecule has 9 heterocycles. The number of pyridine rings is 1. The largest absolute Gasteiger partial charge is 0.438 e. The number of nitrogens with zero attached hydrogens (tertiary/aromatic N) is 10. The summed E-state index contributed by atoms with van der Waals surface area (Å²) in [6, 6.07) is 9.89. The van der Waals surface area contributed by atoms with Crippen molar-refractivity contribution >= 4 is 27.7 Å². The summed E-state index contributed by atoms with van der Waals surface area (Å²) in [7, 11) is 1.72. The molecule has 0 radical (unpaired) electrons. The Morgan fingerprint density at radius 1 is 0.939 bits per heavy atom. The lowest BCUT2D eigenvalue weighted by atomic mass is 9.86. The van der Waals surface area contributed by atoms with Gasteiger partial charge in [0.2, 0.25) is 0 Å². The number of fused-ring (bicyclic) bond motifs is 6. The first-order valence-corrected chi connectivity index (χ1v) is 22.5. The highest BCUT2D eigenvalue weighted by atomic mass is 19.1. The van der Waals surface area contributed by atoms with E-state index in [2.05, 4.69) is 42.1 Å². The molecule has 0 spiro atoms. The van der Waals surface area contributed by atoms with Crippen LogP contribution in [-0.4, -0.2) is 77.4 Å². The van der Waals surface area contributed by atoms with Gasteiger partial charge in [-0.05, 0) is 113 Å². The Balaban J connectivity index is 1.02. The Labute approximate surface area is 375 Å². The van der Waals surface area contributed by atoms with Crippen LogP contribution in [0.15, 0.2) is 75.3 Å². The van der Waals surface area contributed by atoms with Gasteiger partial charge in [0.05, 0.1) is 57.5 Å². The van der Waals surface area contributed by atoms with Crippen LogP contribution in [-0.2, 0) is 23.7 Å². The van der Waals surface area contributed by atoms with E-state index in [9.17, 15) is 9.59 Å². The molecule has 2 saturated heterocycles. The lowest BCUT2D eigenvalue weighted by molar-refractivity contribution is -0.0597. The van der Waals surface area contributed by atoms with Crippen LogP contribution < -0.4 is 11.4 Å². The highest BCUT2D eigenvalue weighted by Gasteiger charge is 2.60. The fourth-order valence-electron chi connectivity index (χ4n) is 11.5. The van der Waals surface area contributed by atoms with Crippen LogP contribution in [0.25, 0.3) is 39.0 Å². The monoisotopic (exact) mass is 895 g/mol. The van der Waals surface area contributed by atoms with Gasteiger partial charge in [-0.1, -0.05) is 12.1 Å². The second-order valence-corrected chi connectivity index (χ2v) is 19.4. The summed E-state index contributed by atoms with van der Waals surface area (Å²) in [5, 5.41) is 14.6. The van der Waals surface area contributed by atoms with Gasteiger partial charge in [-0.3, -0.25) is 33.1 Å². The molecule has 1 aliphatic carbocycles. The third kappa shape index (κ3) is 5.78. The van der Waals surface area contributed by atoms with Gasteiger partial charge in [-0.2, -0.15) is 10.2 Å². The zero-order valence-electron chi connectivity index (χ0n) is 37.3. The van der Waals surface area contributed by atoms with Crippen LogP contribution in [0.2, 0.25) is 0 Å². The first-order chi connectivity index (χ1) is 31.6. The number of rotatable bonds is 7. The van der Waals surface area contributed by atoms with E-state index in [0.717, 1.165) is 29.4 Å². The highest BCUT2D eigenvalue weighted by molar-refractivity contribution is 6.00. The average Bonchev–Trinajstić information content (AvgIpc) is 3.99. The zero-order chi connectivity index (χ0) is 45.7. The minimum Gasteiger partial charge on any atom is -0.376 e. The van der Waals surface area contributed by atoms with E-state index >= 15 is 13.6 Å². The molecular formula is C48H47F2N11O5. The average molecular weight is 896 g/mol. The molecule has 66 heavy (non-hydrogen) atoms. The molecule has 2 aromatic carbocycles. The van der Waals surface area contributed by atoms with Gasteiger partial charge in [0, 0.05) is 61.1 Å². The molecule has 12 rings (SSSR count). The minimum absolute atomic E-state index is 0.0203. The molecule has 1 N–H and O–H groups in total. The van der Waals surface area contributed by atoms with Gasteiger partial charge in [-0.25, -0.2) is 23.1 Å². The smallest absolute Gasteiger partial charge is 0.376 e. The molecule has 5 atom stereocenters. The van der Waals surface area contributed by atoms with E-state index in [-0.39, 0.29) is 46.3 Å². The van der Waals surface area contributed by atoms with Crippen molar-refractivity contribution in [1.82, 2.24) is 53.3 Å². The van der Waals surface area contributed by atoms with Crippen molar-refractivity contribution < 1.29 is 22.8 Å². The Kier molecular flexibility index (Phi) is 8.62. The summed E-state index contributed by atoms with van der Waals surface area (Å²) >= 11 is 0. The van der Waals surface area contributed by atoms with Crippen LogP contribution in [0.3, 0.4) is 0 Å². The third-order valence-corrected chi connectivity index (χ3v) is 14.8. The third-order valence-electron chi connectivity index (χ3n) is 14.8. The highest BCUT2D eigenvalue weighted by Crippen LogP contribution is 2.56. The van der Waals surface area contributed by atoms with Crippen molar-refractivity contribution in [2.75, 3.05) is 6.61 Å². The number of nitrogens with one attached hydrogen (secondary N) is 1. The predicted octanol–water partition coefficient (Wildman–Crippen LogP) is 6.98. The van der Waals surface area contributed by atoms with E-state index < -0.39 is 28.8 Å². The van der Waals surface area contributed by atoms with Gasteiger partial charge >= 0.3 is 11.4 Å². The van der Waals surface area contributed by atoms with E-state index in [1.54, 1.807) is 60.7 Å². The van der Waals surface area contributed by atoms with Crippen molar-refractivity contribution in [3.63, 3.8) is 0 Å². The number of aromatic amines is 1. The fourth-order valence-corrected chi connectivity index (χ4v) is 11.5. The summed E-state index contributed by atoms with van der Waals surface area (Å²) in [6.07, 6.45) is 10.2. The van der Waals surface area contributed by atoms with Crippen LogP contribution in [0, 0.1) is 31.4 Å². The quantitative estimate of drug-likeness (QED) is 0.178. The van der Waals surface area contributed by atoms with Gasteiger partial charge in [0.25, 0.3) is 5.91 Å². The predicted molar refractivity (Wildman–Crippen MR) is 238 cm³/mol. The Morgan fingerprint density at radius 2 is 1.71 bits per heavy atom. The summed E-state index contributed by atoms with van der Waals surface area (Å²) in [4.78, 5) is 52.7. The number of imidazole rings is 1. The van der Waals surface area contributed by atoms with Crippen LogP contribution in [0.4, 0.5) is 8.78 Å². The second-order valence-electron chi connectivity index (χ2n) is 19.4. The number of carbonyl (C=O) groups is 1. The van der Waals surface area contributed by atoms with Gasteiger partial charge in [0.15, 0.2) is 11.6 Å². The van der Waals surface area contributed by atoms with E-state index in [1.165, 1.54) is 21.5 Å². The number of aryl methyl sites for hydroxylation is 3. The number of halogens is 2. The summed E-state index contributed by atoms with van der Waals surface area (Å²) in [5.74, 6) is -0.993. The molecule has 8 aromatic rings.